The highest BCUT2D eigenvalue weighted by Gasteiger charge is 2.22. The number of halogens is 2. The molecule has 182 valence electrons. The van der Waals surface area contributed by atoms with Gasteiger partial charge < -0.3 is 0 Å². The first-order chi connectivity index (χ1) is 15.2. The maximum atomic E-state index is 13.9. The number of hydrogen-bond acceptors (Lipinski definition) is 1. The van der Waals surface area contributed by atoms with Crippen molar-refractivity contribution in [1.29, 1.82) is 0 Å². The van der Waals surface area contributed by atoms with Crippen LogP contribution in [0.4, 0.5) is 8.78 Å². The SMILES string of the molecule is CCC(C)(C)C/C=C(\CP(C)CC(C)/N=C/c1c(C)ccc2cc(F)c(F)cc12)C(C)(C)C. The molecule has 0 amide bonds. The van der Waals surface area contributed by atoms with Gasteiger partial charge in [-0.3, -0.25) is 4.99 Å². The van der Waals surface area contributed by atoms with Crippen LogP contribution in [0.1, 0.15) is 72.4 Å². The monoisotopic (exact) mass is 473 g/mol. The molecule has 0 bridgehead atoms. The minimum atomic E-state index is -0.819. The van der Waals surface area contributed by atoms with Crippen LogP contribution in [0.3, 0.4) is 0 Å². The molecule has 0 aliphatic heterocycles. The molecular weight excluding hydrogens is 431 g/mol. The normalized spacial score (nSPS) is 15.4. The van der Waals surface area contributed by atoms with Crippen LogP contribution in [0.15, 0.2) is 40.9 Å². The van der Waals surface area contributed by atoms with Crippen molar-refractivity contribution < 1.29 is 8.78 Å². The van der Waals surface area contributed by atoms with Gasteiger partial charge in [-0.2, -0.15) is 0 Å². The maximum Gasteiger partial charge on any atom is 0.159 e. The Morgan fingerprint density at radius 3 is 2.33 bits per heavy atom. The summed E-state index contributed by atoms with van der Waals surface area (Å²) in [5, 5.41) is 1.40. The summed E-state index contributed by atoms with van der Waals surface area (Å²) in [5.41, 5.74) is 3.95. The quantitative estimate of drug-likeness (QED) is 0.196. The van der Waals surface area contributed by atoms with Gasteiger partial charge in [0.2, 0.25) is 0 Å². The molecule has 0 aromatic heterocycles. The molecule has 33 heavy (non-hydrogen) atoms. The van der Waals surface area contributed by atoms with Crippen molar-refractivity contribution >= 4 is 24.9 Å². The van der Waals surface area contributed by atoms with E-state index < -0.39 is 11.6 Å². The molecule has 0 fully saturated rings. The lowest BCUT2D eigenvalue weighted by molar-refractivity contribution is 0.353. The minimum Gasteiger partial charge on any atom is -0.289 e. The van der Waals surface area contributed by atoms with Crippen LogP contribution in [0.2, 0.25) is 0 Å². The molecule has 0 aliphatic carbocycles. The van der Waals surface area contributed by atoms with Crippen LogP contribution in [0.5, 0.6) is 0 Å². The van der Waals surface area contributed by atoms with Crippen LogP contribution in [0.25, 0.3) is 10.8 Å². The zero-order valence-corrected chi connectivity index (χ0v) is 22.9. The van der Waals surface area contributed by atoms with E-state index in [1.807, 2.05) is 25.3 Å². The molecule has 0 spiro atoms. The summed E-state index contributed by atoms with van der Waals surface area (Å²) in [6, 6.07) is 6.50. The zero-order chi connectivity index (χ0) is 25.0. The smallest absolute Gasteiger partial charge is 0.159 e. The van der Waals surface area contributed by atoms with Crippen LogP contribution in [0, 0.1) is 29.4 Å². The van der Waals surface area contributed by atoms with Crippen LogP contribution < -0.4 is 0 Å². The molecule has 2 atom stereocenters. The fourth-order valence-electron chi connectivity index (χ4n) is 3.83. The van der Waals surface area contributed by atoms with E-state index >= 15 is 0 Å². The molecule has 0 saturated carbocycles. The molecule has 0 radical (unpaired) electrons. The number of hydrogen-bond donors (Lipinski definition) is 0. The van der Waals surface area contributed by atoms with Crippen molar-refractivity contribution in [2.45, 2.75) is 74.3 Å². The second-order valence-electron chi connectivity index (χ2n) is 11.3. The molecule has 2 aromatic rings. The number of benzene rings is 2. The Hall–Kier alpha value is -1.60. The van der Waals surface area contributed by atoms with Crippen LogP contribution in [-0.4, -0.2) is 31.2 Å². The van der Waals surface area contributed by atoms with Gasteiger partial charge in [0.1, 0.15) is 0 Å². The van der Waals surface area contributed by atoms with E-state index in [2.05, 4.69) is 61.2 Å². The number of nitrogens with zero attached hydrogens (tertiary/aromatic N) is 1. The topological polar surface area (TPSA) is 12.4 Å². The molecule has 0 saturated heterocycles. The Balaban J connectivity index is 2.15. The Bertz CT molecular complexity index is 1010. The van der Waals surface area contributed by atoms with Crippen molar-refractivity contribution in [1.82, 2.24) is 0 Å². The Labute approximate surface area is 201 Å². The Morgan fingerprint density at radius 1 is 1.09 bits per heavy atom. The molecule has 0 N–H and O–H groups in total. The third-order valence-corrected chi connectivity index (χ3v) is 8.65. The van der Waals surface area contributed by atoms with Gasteiger partial charge >= 0.3 is 0 Å². The van der Waals surface area contributed by atoms with E-state index in [9.17, 15) is 8.78 Å². The van der Waals surface area contributed by atoms with Gasteiger partial charge in [0, 0.05) is 11.8 Å². The average molecular weight is 474 g/mol. The summed E-state index contributed by atoms with van der Waals surface area (Å²) in [6.45, 7) is 20.4. The fraction of sp³-hybridized carbons (Fsp3) is 0.552. The Morgan fingerprint density at radius 2 is 1.73 bits per heavy atom. The first-order valence-electron chi connectivity index (χ1n) is 12.0. The largest absolute Gasteiger partial charge is 0.289 e. The van der Waals surface area contributed by atoms with Gasteiger partial charge in [0.15, 0.2) is 11.6 Å². The van der Waals surface area contributed by atoms with Gasteiger partial charge in [-0.25, -0.2) is 8.78 Å². The summed E-state index contributed by atoms with van der Waals surface area (Å²) in [4.78, 5) is 4.82. The van der Waals surface area contributed by atoms with Crippen LogP contribution >= 0.6 is 7.92 Å². The minimum absolute atomic E-state index is 0.173. The predicted molar refractivity (Wildman–Crippen MR) is 144 cm³/mol. The van der Waals surface area contributed by atoms with E-state index in [1.54, 1.807) is 5.57 Å². The van der Waals surface area contributed by atoms with Crippen molar-refractivity contribution in [2.24, 2.45) is 15.8 Å². The van der Waals surface area contributed by atoms with Crippen molar-refractivity contribution in [3.05, 3.63) is 58.7 Å². The summed E-state index contributed by atoms with van der Waals surface area (Å²) in [6.07, 6.45) is 8.82. The Kier molecular flexibility index (Phi) is 9.40. The second-order valence-corrected chi connectivity index (χ2v) is 13.7. The van der Waals surface area contributed by atoms with E-state index in [1.165, 1.54) is 18.6 Å². The molecule has 0 aliphatic rings. The number of allylic oxidation sites excluding steroid dienone is 2. The van der Waals surface area contributed by atoms with Gasteiger partial charge in [-0.1, -0.05) is 71.7 Å². The van der Waals surface area contributed by atoms with E-state index in [0.29, 0.717) is 16.2 Å². The molecule has 2 aromatic carbocycles. The average Bonchev–Trinajstić information content (AvgIpc) is 2.71. The number of fused-ring (bicyclic) bond motifs is 1. The van der Waals surface area contributed by atoms with E-state index in [0.717, 1.165) is 29.9 Å². The molecular formula is C29H42F2NP. The predicted octanol–water partition coefficient (Wildman–Crippen LogP) is 9.14. The number of rotatable bonds is 9. The first-order valence-corrected chi connectivity index (χ1v) is 14.2. The molecule has 2 rings (SSSR count). The van der Waals surface area contributed by atoms with Gasteiger partial charge in [-0.05, 0) is 78.6 Å². The second kappa shape index (κ2) is 11.2. The standard InChI is InChI=1S/C29H42F2NP/c1-10-29(7,8)14-13-23(28(4,5)6)19-33(9)18-21(3)32-17-25-20(2)11-12-22-15-26(30)27(31)16-24(22)25/h11-13,15-17,21H,10,14,18-19H2,1-9H3/b23-13+,32-17+. The highest BCUT2D eigenvalue weighted by Crippen LogP contribution is 2.41. The third-order valence-electron chi connectivity index (χ3n) is 6.62. The van der Waals surface area contributed by atoms with Crippen molar-refractivity contribution in [3.63, 3.8) is 0 Å². The molecule has 2 unspecified atom stereocenters. The third kappa shape index (κ3) is 7.99. The lowest BCUT2D eigenvalue weighted by Crippen LogP contribution is -2.16. The first kappa shape index (κ1) is 27.6. The molecule has 4 heteroatoms. The summed E-state index contributed by atoms with van der Waals surface area (Å²) >= 11 is 0. The van der Waals surface area contributed by atoms with Gasteiger partial charge in [0.25, 0.3) is 0 Å². The lowest BCUT2D eigenvalue weighted by Gasteiger charge is -2.29. The van der Waals surface area contributed by atoms with Crippen molar-refractivity contribution in [3.8, 4) is 0 Å². The maximum absolute atomic E-state index is 13.9. The summed E-state index contributed by atoms with van der Waals surface area (Å²) in [7, 11) is -0.199. The highest BCUT2D eigenvalue weighted by molar-refractivity contribution is 7.57. The molecule has 1 nitrogen and oxygen atoms in total. The summed E-state index contributed by atoms with van der Waals surface area (Å²) in [5.74, 6) is -1.63. The van der Waals surface area contributed by atoms with Gasteiger partial charge in [-0.15, -0.1) is 7.92 Å². The zero-order valence-electron chi connectivity index (χ0n) is 22.0. The van der Waals surface area contributed by atoms with E-state index in [4.69, 9.17) is 4.99 Å². The van der Waals surface area contributed by atoms with E-state index in [-0.39, 0.29) is 19.4 Å². The lowest BCUT2D eigenvalue weighted by atomic mass is 9.81. The fourth-order valence-corrected chi connectivity index (χ4v) is 6.14. The van der Waals surface area contributed by atoms with Crippen LogP contribution in [-0.2, 0) is 0 Å². The number of aryl methyl sites for hydroxylation is 1. The number of aliphatic imine (C=N–C) groups is 1. The van der Waals surface area contributed by atoms with Crippen molar-refractivity contribution in [2.75, 3.05) is 19.0 Å². The highest BCUT2D eigenvalue weighted by atomic mass is 31.1. The summed E-state index contributed by atoms with van der Waals surface area (Å²) < 4.78 is 27.5. The van der Waals surface area contributed by atoms with Gasteiger partial charge in [0.05, 0.1) is 6.04 Å². The molecule has 0 heterocycles.